The molecular formula is C10H9FO2. The van der Waals surface area contributed by atoms with Crippen LogP contribution in [0.25, 0.3) is 0 Å². The minimum absolute atomic E-state index is 0.362. The molecule has 0 radical (unpaired) electrons. The van der Waals surface area contributed by atoms with Crippen molar-refractivity contribution in [3.8, 4) is 0 Å². The zero-order valence-corrected chi connectivity index (χ0v) is 7.16. The molecule has 68 valence electrons. The van der Waals surface area contributed by atoms with Gasteiger partial charge >= 0.3 is 0 Å². The quantitative estimate of drug-likeness (QED) is 0.666. The van der Waals surface area contributed by atoms with Crippen LogP contribution in [0, 0.1) is 5.82 Å². The van der Waals surface area contributed by atoms with Crippen molar-refractivity contribution in [3.05, 3.63) is 35.1 Å². The molecule has 0 saturated carbocycles. The topological polar surface area (TPSA) is 34.1 Å². The van der Waals surface area contributed by atoms with Crippen molar-refractivity contribution < 1.29 is 14.0 Å². The summed E-state index contributed by atoms with van der Waals surface area (Å²) < 4.78 is 12.7. The summed E-state index contributed by atoms with van der Waals surface area (Å²) in [5, 5.41) is 0. The number of rotatable bonds is 3. The fraction of sp³-hybridized carbons (Fsp3) is 0.200. The van der Waals surface area contributed by atoms with Crippen LogP contribution in [0.3, 0.4) is 0 Å². The average molecular weight is 180 g/mol. The van der Waals surface area contributed by atoms with E-state index in [2.05, 4.69) is 0 Å². The summed E-state index contributed by atoms with van der Waals surface area (Å²) in [5.41, 5.74) is 0.797. The predicted molar refractivity (Wildman–Crippen MR) is 46.3 cm³/mol. The molecule has 3 heteroatoms. The number of carbonyl (C=O) groups is 2. The molecular weight excluding hydrogens is 171 g/mol. The van der Waals surface area contributed by atoms with Crippen molar-refractivity contribution in [1.82, 2.24) is 0 Å². The van der Waals surface area contributed by atoms with Crippen LogP contribution in [0.15, 0.2) is 18.2 Å². The van der Waals surface area contributed by atoms with Crippen molar-refractivity contribution in [2.45, 2.75) is 12.8 Å². The number of aldehydes is 2. The summed E-state index contributed by atoms with van der Waals surface area (Å²) in [7, 11) is 0. The van der Waals surface area contributed by atoms with Crippen LogP contribution < -0.4 is 0 Å². The second kappa shape index (κ2) is 3.94. The van der Waals surface area contributed by atoms with Crippen LogP contribution in [0.4, 0.5) is 4.39 Å². The van der Waals surface area contributed by atoms with Crippen molar-refractivity contribution in [1.29, 1.82) is 0 Å². The Morgan fingerprint density at radius 3 is 2.62 bits per heavy atom. The van der Waals surface area contributed by atoms with Gasteiger partial charge in [-0.1, -0.05) is 6.92 Å². The largest absolute Gasteiger partial charge is 0.303 e. The third kappa shape index (κ3) is 1.99. The second-order valence-corrected chi connectivity index (χ2v) is 2.82. The van der Waals surface area contributed by atoms with Gasteiger partial charge < -0.3 is 4.79 Å². The van der Waals surface area contributed by atoms with Crippen molar-refractivity contribution in [3.63, 3.8) is 0 Å². The Bertz CT molecular complexity index is 334. The van der Waals surface area contributed by atoms with Gasteiger partial charge in [-0.05, 0) is 23.8 Å². The molecule has 13 heavy (non-hydrogen) atoms. The molecule has 1 atom stereocenters. The Hall–Kier alpha value is -1.51. The maximum Gasteiger partial charge on any atom is 0.150 e. The molecule has 0 aliphatic rings. The molecule has 1 rings (SSSR count). The minimum Gasteiger partial charge on any atom is -0.303 e. The molecule has 0 fully saturated rings. The molecule has 0 heterocycles. The van der Waals surface area contributed by atoms with Crippen LogP contribution in [-0.4, -0.2) is 12.6 Å². The summed E-state index contributed by atoms with van der Waals surface area (Å²) in [6.45, 7) is 1.62. The van der Waals surface area contributed by atoms with Crippen LogP contribution in [0.1, 0.15) is 28.8 Å². The summed E-state index contributed by atoms with van der Waals surface area (Å²) >= 11 is 0. The van der Waals surface area contributed by atoms with Gasteiger partial charge in [0, 0.05) is 11.5 Å². The number of hydrogen-bond acceptors (Lipinski definition) is 2. The van der Waals surface area contributed by atoms with E-state index in [1.54, 1.807) is 6.92 Å². The lowest BCUT2D eigenvalue weighted by Gasteiger charge is -2.06. The van der Waals surface area contributed by atoms with Gasteiger partial charge in [-0.2, -0.15) is 0 Å². The lowest BCUT2D eigenvalue weighted by molar-refractivity contribution is -0.108. The molecule has 1 aromatic carbocycles. The van der Waals surface area contributed by atoms with Crippen LogP contribution in [0.5, 0.6) is 0 Å². The van der Waals surface area contributed by atoms with Gasteiger partial charge in [0.2, 0.25) is 0 Å². The first-order chi connectivity index (χ1) is 6.19. The van der Waals surface area contributed by atoms with Gasteiger partial charge in [0.1, 0.15) is 18.4 Å². The lowest BCUT2D eigenvalue weighted by atomic mass is 9.97. The lowest BCUT2D eigenvalue weighted by Crippen LogP contribution is -2.00. The summed E-state index contributed by atoms with van der Waals surface area (Å²) in [6, 6.07) is 3.78. The van der Waals surface area contributed by atoms with Crippen LogP contribution >= 0.6 is 0 Å². The molecule has 1 unspecified atom stereocenters. The molecule has 0 aromatic heterocycles. The van der Waals surface area contributed by atoms with Gasteiger partial charge in [-0.3, -0.25) is 4.79 Å². The summed E-state index contributed by atoms with van der Waals surface area (Å²) in [4.78, 5) is 21.0. The van der Waals surface area contributed by atoms with Gasteiger partial charge in [0.15, 0.2) is 0 Å². The smallest absolute Gasteiger partial charge is 0.150 e. The Labute approximate surface area is 75.4 Å². The number of benzene rings is 1. The highest BCUT2D eigenvalue weighted by Crippen LogP contribution is 2.18. The van der Waals surface area contributed by atoms with E-state index in [0.29, 0.717) is 23.7 Å². The summed E-state index contributed by atoms with van der Waals surface area (Å²) in [5.74, 6) is -0.884. The molecule has 0 aliphatic heterocycles. The SMILES string of the molecule is CC(C=O)c1cc(F)ccc1C=O. The van der Waals surface area contributed by atoms with Gasteiger partial charge in [-0.15, -0.1) is 0 Å². The Balaban J connectivity index is 3.22. The maximum atomic E-state index is 12.7. The minimum atomic E-state index is -0.448. The summed E-state index contributed by atoms with van der Waals surface area (Å²) in [6.07, 6.45) is 1.30. The fourth-order valence-corrected chi connectivity index (χ4v) is 1.12. The van der Waals surface area contributed by atoms with Gasteiger partial charge in [-0.25, -0.2) is 4.39 Å². The zero-order chi connectivity index (χ0) is 9.84. The van der Waals surface area contributed by atoms with Crippen molar-refractivity contribution in [2.75, 3.05) is 0 Å². The highest BCUT2D eigenvalue weighted by Gasteiger charge is 2.09. The van der Waals surface area contributed by atoms with E-state index in [4.69, 9.17) is 0 Å². The first-order valence-electron chi connectivity index (χ1n) is 3.89. The third-order valence-electron chi connectivity index (χ3n) is 1.87. The highest BCUT2D eigenvalue weighted by atomic mass is 19.1. The standard InChI is InChI=1S/C10H9FO2/c1-7(5-12)10-4-9(11)3-2-8(10)6-13/h2-7H,1H3. The Kier molecular flexibility index (Phi) is 2.90. The van der Waals surface area contributed by atoms with E-state index in [9.17, 15) is 14.0 Å². The average Bonchev–Trinajstić information content (AvgIpc) is 2.16. The maximum absolute atomic E-state index is 12.7. The molecule has 0 spiro atoms. The van der Waals surface area contributed by atoms with Gasteiger partial charge in [0.05, 0.1) is 0 Å². The second-order valence-electron chi connectivity index (χ2n) is 2.82. The van der Waals surface area contributed by atoms with Gasteiger partial charge in [0.25, 0.3) is 0 Å². The number of hydrogen-bond donors (Lipinski definition) is 0. The van der Waals surface area contributed by atoms with E-state index in [-0.39, 0.29) is 0 Å². The molecule has 0 saturated heterocycles. The normalized spacial score (nSPS) is 12.2. The number of carbonyl (C=O) groups excluding carboxylic acids is 2. The predicted octanol–water partition coefficient (Wildman–Crippen LogP) is 1.94. The molecule has 0 N–H and O–H groups in total. The van der Waals surface area contributed by atoms with E-state index in [0.717, 1.165) is 0 Å². The van der Waals surface area contributed by atoms with E-state index < -0.39 is 11.7 Å². The first-order valence-corrected chi connectivity index (χ1v) is 3.89. The molecule has 0 amide bonds. The zero-order valence-electron chi connectivity index (χ0n) is 7.16. The van der Waals surface area contributed by atoms with E-state index in [1.807, 2.05) is 0 Å². The fourth-order valence-electron chi connectivity index (χ4n) is 1.12. The first kappa shape index (κ1) is 9.58. The van der Waals surface area contributed by atoms with Crippen molar-refractivity contribution in [2.24, 2.45) is 0 Å². The van der Waals surface area contributed by atoms with Crippen LogP contribution in [-0.2, 0) is 4.79 Å². The Morgan fingerprint density at radius 1 is 1.38 bits per heavy atom. The number of halogens is 1. The third-order valence-corrected chi connectivity index (χ3v) is 1.87. The molecule has 2 nitrogen and oxygen atoms in total. The van der Waals surface area contributed by atoms with Crippen molar-refractivity contribution >= 4 is 12.6 Å². The highest BCUT2D eigenvalue weighted by molar-refractivity contribution is 5.80. The molecule has 0 bridgehead atoms. The van der Waals surface area contributed by atoms with E-state index in [1.165, 1.54) is 18.2 Å². The monoisotopic (exact) mass is 180 g/mol. The molecule has 0 aliphatic carbocycles. The Morgan fingerprint density at radius 2 is 2.08 bits per heavy atom. The van der Waals surface area contributed by atoms with Crippen LogP contribution in [0.2, 0.25) is 0 Å². The molecule has 1 aromatic rings. The van der Waals surface area contributed by atoms with E-state index >= 15 is 0 Å².